The zero-order valence-electron chi connectivity index (χ0n) is 10.6. The summed E-state index contributed by atoms with van der Waals surface area (Å²) in [6, 6.07) is 7.59. The molecule has 0 aliphatic heterocycles. The van der Waals surface area contributed by atoms with Crippen molar-refractivity contribution in [3.8, 4) is 34.1 Å². The third kappa shape index (κ3) is 2.12. The number of rotatable bonds is 1. The number of aromatic hydroxyl groups is 4. The van der Waals surface area contributed by atoms with Crippen LogP contribution in [-0.4, -0.2) is 20.4 Å². The van der Waals surface area contributed by atoms with Crippen molar-refractivity contribution in [1.82, 2.24) is 0 Å². The van der Waals surface area contributed by atoms with E-state index < -0.39 is 5.63 Å². The highest BCUT2D eigenvalue weighted by Crippen LogP contribution is 2.37. The highest BCUT2D eigenvalue weighted by Gasteiger charge is 2.13. The Morgan fingerprint density at radius 2 is 1.57 bits per heavy atom. The van der Waals surface area contributed by atoms with Crippen LogP contribution >= 0.6 is 0 Å². The molecule has 1 heterocycles. The van der Waals surface area contributed by atoms with E-state index in [9.17, 15) is 25.2 Å². The predicted octanol–water partition coefficient (Wildman–Crippen LogP) is 2.28. The van der Waals surface area contributed by atoms with Crippen molar-refractivity contribution in [1.29, 1.82) is 0 Å². The maximum absolute atomic E-state index is 11.6. The summed E-state index contributed by atoms with van der Waals surface area (Å²) in [6.07, 6.45) is 0. The molecule has 0 saturated carbocycles. The van der Waals surface area contributed by atoms with Gasteiger partial charge in [0.15, 0.2) is 22.8 Å². The van der Waals surface area contributed by atoms with Crippen molar-refractivity contribution in [2.45, 2.75) is 0 Å². The van der Waals surface area contributed by atoms with Gasteiger partial charge in [0, 0.05) is 23.1 Å². The highest BCUT2D eigenvalue weighted by atomic mass is 16.4. The van der Waals surface area contributed by atoms with E-state index in [2.05, 4.69) is 0 Å². The van der Waals surface area contributed by atoms with Gasteiger partial charge in [-0.25, -0.2) is 4.79 Å². The lowest BCUT2D eigenvalue weighted by atomic mass is 10.0. The largest absolute Gasteiger partial charge is 0.508 e. The summed E-state index contributed by atoms with van der Waals surface area (Å²) in [7, 11) is 0. The molecule has 2 aromatic carbocycles. The maximum atomic E-state index is 11.6. The topological polar surface area (TPSA) is 111 Å². The second kappa shape index (κ2) is 4.45. The van der Waals surface area contributed by atoms with Crippen LogP contribution in [0.15, 0.2) is 45.6 Å². The van der Waals surface area contributed by atoms with E-state index in [1.807, 2.05) is 0 Å². The van der Waals surface area contributed by atoms with Crippen LogP contribution in [0.4, 0.5) is 0 Å². The third-order valence-electron chi connectivity index (χ3n) is 3.10. The van der Waals surface area contributed by atoms with Crippen LogP contribution < -0.4 is 5.63 Å². The van der Waals surface area contributed by atoms with Gasteiger partial charge < -0.3 is 24.8 Å². The molecular formula is C15H10O6. The van der Waals surface area contributed by atoms with E-state index in [4.69, 9.17) is 4.42 Å². The van der Waals surface area contributed by atoms with Crippen molar-refractivity contribution in [3.05, 3.63) is 46.8 Å². The molecule has 0 bridgehead atoms. The van der Waals surface area contributed by atoms with Gasteiger partial charge in [-0.2, -0.15) is 0 Å². The molecule has 0 fully saturated rings. The number of phenolic OH excluding ortho intramolecular Hbond substituents is 4. The monoisotopic (exact) mass is 286 g/mol. The fourth-order valence-corrected chi connectivity index (χ4v) is 2.16. The Morgan fingerprint density at radius 1 is 0.810 bits per heavy atom. The van der Waals surface area contributed by atoms with Crippen LogP contribution in [0.2, 0.25) is 0 Å². The van der Waals surface area contributed by atoms with Crippen molar-refractivity contribution in [2.75, 3.05) is 0 Å². The summed E-state index contributed by atoms with van der Waals surface area (Å²) in [5, 5.41) is 38.5. The minimum atomic E-state index is -0.689. The van der Waals surface area contributed by atoms with Gasteiger partial charge in [-0.05, 0) is 23.8 Å². The summed E-state index contributed by atoms with van der Waals surface area (Å²) in [5.74, 6) is -1.21. The van der Waals surface area contributed by atoms with Gasteiger partial charge in [0.25, 0.3) is 0 Å². The van der Waals surface area contributed by atoms with Gasteiger partial charge in [0.2, 0.25) is 0 Å². The van der Waals surface area contributed by atoms with Crippen LogP contribution in [0.5, 0.6) is 23.0 Å². The van der Waals surface area contributed by atoms with E-state index in [1.54, 1.807) is 0 Å². The molecule has 0 atom stereocenters. The number of hydrogen-bond acceptors (Lipinski definition) is 6. The second-order valence-electron chi connectivity index (χ2n) is 4.52. The molecular weight excluding hydrogens is 276 g/mol. The molecule has 3 rings (SSSR count). The summed E-state index contributed by atoms with van der Waals surface area (Å²) in [5.41, 5.74) is 0.0184. The average Bonchev–Trinajstić information content (AvgIpc) is 2.42. The zero-order valence-corrected chi connectivity index (χ0v) is 10.6. The van der Waals surface area contributed by atoms with Gasteiger partial charge in [0.1, 0.15) is 5.75 Å². The first kappa shape index (κ1) is 12.9. The Bertz CT molecular complexity index is 910. The van der Waals surface area contributed by atoms with Crippen LogP contribution in [0.1, 0.15) is 0 Å². The van der Waals surface area contributed by atoms with Crippen LogP contribution in [-0.2, 0) is 0 Å². The van der Waals surface area contributed by atoms with Crippen molar-refractivity contribution >= 4 is 11.0 Å². The Kier molecular flexibility index (Phi) is 2.72. The van der Waals surface area contributed by atoms with Gasteiger partial charge in [-0.3, -0.25) is 0 Å². The van der Waals surface area contributed by atoms with Crippen molar-refractivity contribution in [3.63, 3.8) is 0 Å². The summed E-state index contributed by atoms with van der Waals surface area (Å²) in [4.78, 5) is 11.6. The third-order valence-corrected chi connectivity index (χ3v) is 3.10. The summed E-state index contributed by atoms with van der Waals surface area (Å²) >= 11 is 0. The molecule has 3 aromatic rings. The molecule has 6 nitrogen and oxygen atoms in total. The van der Waals surface area contributed by atoms with Gasteiger partial charge >= 0.3 is 5.63 Å². The predicted molar refractivity (Wildman–Crippen MR) is 74.6 cm³/mol. The fraction of sp³-hybridized carbons (Fsp3) is 0. The molecule has 21 heavy (non-hydrogen) atoms. The molecule has 1 aromatic heterocycles. The van der Waals surface area contributed by atoms with Crippen molar-refractivity contribution in [2.24, 2.45) is 0 Å². The van der Waals surface area contributed by atoms with Gasteiger partial charge in [0.05, 0.1) is 0 Å². The van der Waals surface area contributed by atoms with E-state index in [0.29, 0.717) is 16.5 Å². The molecule has 106 valence electrons. The van der Waals surface area contributed by atoms with Gasteiger partial charge in [-0.1, -0.05) is 6.07 Å². The second-order valence-corrected chi connectivity index (χ2v) is 4.52. The minimum Gasteiger partial charge on any atom is -0.508 e. The normalized spacial score (nSPS) is 10.9. The minimum absolute atomic E-state index is 0.0668. The summed E-state index contributed by atoms with van der Waals surface area (Å²) < 4.78 is 4.93. The van der Waals surface area contributed by atoms with E-state index >= 15 is 0 Å². The number of hydrogen-bond donors (Lipinski definition) is 4. The van der Waals surface area contributed by atoms with E-state index in [1.165, 1.54) is 30.3 Å². The van der Waals surface area contributed by atoms with E-state index in [-0.39, 0.29) is 28.6 Å². The lowest BCUT2D eigenvalue weighted by Crippen LogP contribution is -1.98. The van der Waals surface area contributed by atoms with Gasteiger partial charge in [-0.15, -0.1) is 0 Å². The smallest absolute Gasteiger partial charge is 0.336 e. The SMILES string of the molecule is O=c1cc(-c2ccc(O)c(O)c2)c2cc(O)cc(O)c2o1. The lowest BCUT2D eigenvalue weighted by molar-refractivity contribution is 0.404. The lowest BCUT2D eigenvalue weighted by Gasteiger charge is -2.08. The van der Waals surface area contributed by atoms with Crippen LogP contribution in [0.25, 0.3) is 22.1 Å². The van der Waals surface area contributed by atoms with Crippen molar-refractivity contribution < 1.29 is 24.8 Å². The molecule has 0 aliphatic rings. The number of benzene rings is 2. The molecule has 0 saturated heterocycles. The Hall–Kier alpha value is -3.15. The van der Waals surface area contributed by atoms with E-state index in [0.717, 1.165) is 6.07 Å². The first-order valence-electron chi connectivity index (χ1n) is 5.98. The maximum Gasteiger partial charge on any atom is 0.336 e. The molecule has 0 radical (unpaired) electrons. The Balaban J connectivity index is 2.41. The molecule has 0 unspecified atom stereocenters. The molecule has 0 spiro atoms. The van der Waals surface area contributed by atoms with Crippen LogP contribution in [0.3, 0.4) is 0 Å². The first-order chi connectivity index (χ1) is 9.95. The standard InChI is InChI=1S/C15H10O6/c16-8-4-10-9(7-1-2-11(17)12(18)3-7)6-14(20)21-15(10)13(19)5-8/h1-6,16-19H. The zero-order chi connectivity index (χ0) is 15.1. The molecule has 0 amide bonds. The van der Waals surface area contributed by atoms with Crippen LogP contribution in [0, 0.1) is 0 Å². The molecule has 4 N–H and O–H groups in total. The fourth-order valence-electron chi connectivity index (χ4n) is 2.16. The Labute approximate surface area is 117 Å². The molecule has 0 aliphatic carbocycles. The average molecular weight is 286 g/mol. The quantitative estimate of drug-likeness (QED) is 0.403. The first-order valence-corrected chi connectivity index (χ1v) is 5.98. The highest BCUT2D eigenvalue weighted by molar-refractivity contribution is 5.97. The number of phenols is 4. The molecule has 6 heteroatoms. The summed E-state index contributed by atoms with van der Waals surface area (Å²) in [6.45, 7) is 0. The number of fused-ring (bicyclic) bond motifs is 1. The Morgan fingerprint density at radius 3 is 2.29 bits per heavy atom.